The molecule has 4 aromatic rings. The molecule has 1 aliphatic heterocycles. The smallest absolute Gasteiger partial charge is 0.462 e. The lowest BCUT2D eigenvalue weighted by molar-refractivity contribution is -0.206. The number of nitrogen functional groups attached to an aromatic ring is 1. The summed E-state index contributed by atoms with van der Waals surface area (Å²) in [5.41, 5.74) is 3.99. The van der Waals surface area contributed by atoms with E-state index in [4.69, 9.17) is 33.7 Å². The van der Waals surface area contributed by atoms with Crippen LogP contribution >= 0.6 is 7.75 Å². The number of para-hydroxylation sites is 1. The number of carbonyl (C=O) groups is 2. The van der Waals surface area contributed by atoms with E-state index < -0.39 is 62.5 Å². The van der Waals surface area contributed by atoms with Gasteiger partial charge in [-0.3, -0.25) is 13.9 Å². The molecule has 2 fully saturated rings. The van der Waals surface area contributed by atoms with Crippen LogP contribution in [0, 0.1) is 0 Å². The van der Waals surface area contributed by atoms with Crippen LogP contribution in [0.2, 0.25) is 0 Å². The molecule has 2 aliphatic rings. The van der Waals surface area contributed by atoms with Gasteiger partial charge in [0.15, 0.2) is 28.9 Å². The Balaban J connectivity index is 1.33. The molecule has 1 unspecified atom stereocenters. The molecule has 19 heteroatoms. The third-order valence-corrected chi connectivity index (χ3v) is 10.3. The summed E-state index contributed by atoms with van der Waals surface area (Å²) < 4.78 is 82.8. The molecule has 6 atom stereocenters. The third kappa shape index (κ3) is 8.57. The van der Waals surface area contributed by atoms with Gasteiger partial charge in [-0.05, 0) is 58.2 Å². The Labute approximate surface area is 309 Å². The van der Waals surface area contributed by atoms with Crippen LogP contribution in [0.4, 0.5) is 25.3 Å². The fraction of sp³-hybridized carbons (Fsp3) is 0.457. The summed E-state index contributed by atoms with van der Waals surface area (Å²) in [5.74, 6) is -3.94. The van der Waals surface area contributed by atoms with E-state index in [-0.39, 0.29) is 35.5 Å². The van der Waals surface area contributed by atoms with Gasteiger partial charge in [0.05, 0.1) is 12.4 Å². The van der Waals surface area contributed by atoms with E-state index >= 15 is 8.78 Å². The number of nitrogens with one attached hydrogen (secondary N) is 1. The number of anilines is 2. The summed E-state index contributed by atoms with van der Waals surface area (Å²) in [6.07, 6.45) is -3.25. The average molecular weight is 774 g/mol. The van der Waals surface area contributed by atoms with Crippen molar-refractivity contribution < 1.29 is 50.9 Å². The van der Waals surface area contributed by atoms with Crippen molar-refractivity contribution in [2.45, 2.75) is 89.2 Å². The van der Waals surface area contributed by atoms with E-state index in [9.17, 15) is 14.2 Å². The lowest BCUT2D eigenvalue weighted by atomic mass is 9.97. The zero-order chi connectivity index (χ0) is 38.8. The number of benzene rings is 2. The molecular formula is C35H42F2N7O9P. The molecule has 0 bridgehead atoms. The Morgan fingerprint density at radius 1 is 1.09 bits per heavy atom. The normalized spacial score (nSPS) is 24.1. The van der Waals surface area contributed by atoms with Gasteiger partial charge in [0, 0.05) is 13.1 Å². The molecule has 290 valence electrons. The van der Waals surface area contributed by atoms with Crippen molar-refractivity contribution in [1.82, 2.24) is 24.6 Å². The first-order valence-corrected chi connectivity index (χ1v) is 18.8. The van der Waals surface area contributed by atoms with Crippen LogP contribution in [0.3, 0.4) is 0 Å². The molecule has 3 heterocycles. The van der Waals surface area contributed by atoms with E-state index in [1.54, 1.807) is 62.4 Å². The van der Waals surface area contributed by atoms with Gasteiger partial charge in [-0.2, -0.15) is 15.1 Å². The average Bonchev–Trinajstić information content (AvgIpc) is 3.87. The highest BCUT2D eigenvalue weighted by atomic mass is 31.2. The maximum absolute atomic E-state index is 17.5. The van der Waals surface area contributed by atoms with Crippen molar-refractivity contribution in [3.8, 4) is 5.75 Å². The Morgan fingerprint density at radius 3 is 2.41 bits per heavy atom. The van der Waals surface area contributed by atoms with Crippen LogP contribution in [0.5, 0.6) is 5.75 Å². The van der Waals surface area contributed by atoms with Crippen molar-refractivity contribution in [2.75, 3.05) is 24.3 Å². The Kier molecular flexibility index (Phi) is 11.1. The number of imidazole rings is 1. The predicted octanol–water partition coefficient (Wildman–Crippen LogP) is 5.79. The molecule has 2 aromatic carbocycles. The Bertz CT molecular complexity index is 2000. The van der Waals surface area contributed by atoms with E-state index in [1.165, 1.54) is 25.4 Å². The molecule has 1 saturated heterocycles. The van der Waals surface area contributed by atoms with Crippen LogP contribution in [-0.4, -0.2) is 81.1 Å². The molecule has 3 N–H and O–H groups in total. The summed E-state index contributed by atoms with van der Waals surface area (Å²) in [7, 11) is -2.91. The second-order valence-corrected chi connectivity index (χ2v) is 15.2. The lowest BCUT2D eigenvalue weighted by Crippen LogP contribution is -2.50. The largest absolute Gasteiger partial charge is 0.509 e. The molecule has 6 rings (SSSR count). The van der Waals surface area contributed by atoms with Crippen molar-refractivity contribution in [3.05, 3.63) is 72.6 Å². The van der Waals surface area contributed by atoms with Gasteiger partial charge >= 0.3 is 19.9 Å². The molecular weight excluding hydrogens is 731 g/mol. The van der Waals surface area contributed by atoms with Crippen LogP contribution < -0.4 is 20.2 Å². The molecule has 0 amide bonds. The fourth-order valence-corrected chi connectivity index (χ4v) is 7.38. The predicted molar refractivity (Wildman–Crippen MR) is 191 cm³/mol. The van der Waals surface area contributed by atoms with Gasteiger partial charge in [0.1, 0.15) is 25.0 Å². The van der Waals surface area contributed by atoms with Crippen molar-refractivity contribution in [1.29, 1.82) is 0 Å². The second kappa shape index (κ2) is 15.5. The second-order valence-electron chi connectivity index (χ2n) is 13.5. The number of nitrogens with zero attached hydrogens (tertiary/aromatic N) is 5. The van der Waals surface area contributed by atoms with Gasteiger partial charge in [-0.15, -0.1) is 0 Å². The minimum absolute atomic E-state index is 0.00619. The van der Waals surface area contributed by atoms with Crippen LogP contribution in [0.1, 0.15) is 52.3 Å². The zero-order valence-corrected chi connectivity index (χ0v) is 31.2. The highest BCUT2D eigenvalue weighted by molar-refractivity contribution is 7.52. The number of halogens is 2. The van der Waals surface area contributed by atoms with Crippen LogP contribution in [-0.2, 0) is 39.4 Å². The number of carbonyl (C=O) groups excluding carboxylic acids is 2. The number of fused-ring (bicyclic) bond motifs is 1. The summed E-state index contributed by atoms with van der Waals surface area (Å²) >= 11 is 0. The van der Waals surface area contributed by atoms with Gasteiger partial charge < -0.3 is 34.1 Å². The number of hydrogen-bond acceptors (Lipinski definition) is 14. The maximum Gasteiger partial charge on any atom is 0.509 e. The quantitative estimate of drug-likeness (QED) is 0.109. The molecule has 54 heavy (non-hydrogen) atoms. The number of alkyl halides is 2. The van der Waals surface area contributed by atoms with Crippen molar-refractivity contribution >= 4 is 42.8 Å². The highest BCUT2D eigenvalue weighted by Crippen LogP contribution is 2.53. The number of esters is 1. The van der Waals surface area contributed by atoms with E-state index in [2.05, 4.69) is 20.0 Å². The van der Waals surface area contributed by atoms with E-state index in [0.29, 0.717) is 11.4 Å². The number of aromatic nitrogens is 4. The number of hydrogen-bond donors (Lipinski definition) is 2. The minimum Gasteiger partial charge on any atom is -0.462 e. The molecule has 16 nitrogen and oxygen atoms in total. The molecule has 0 radical (unpaired) electrons. The first kappa shape index (κ1) is 38.8. The fourth-order valence-electron chi connectivity index (χ4n) is 5.88. The SMILES string of the molecule is CC(C)OC(=O)[C@H](C)NP(=O)(OC[C@@]1(F)O[C@@H](n2cnc3c(N(C)C4CC4)nc(N)nc32)[C@](C)(F)[C@@H]1OC(=O)OCc1ccccc1)Oc1ccccc1. The Hall–Kier alpha value is -4.90. The summed E-state index contributed by atoms with van der Waals surface area (Å²) in [6, 6.07) is 15.2. The van der Waals surface area contributed by atoms with Crippen LogP contribution in [0.15, 0.2) is 67.0 Å². The number of rotatable bonds is 15. The van der Waals surface area contributed by atoms with Gasteiger partial charge in [-0.25, -0.2) is 23.1 Å². The molecule has 1 saturated carbocycles. The van der Waals surface area contributed by atoms with Crippen molar-refractivity contribution in [2.24, 2.45) is 0 Å². The van der Waals surface area contributed by atoms with E-state index in [0.717, 1.165) is 24.3 Å². The first-order valence-electron chi connectivity index (χ1n) is 17.2. The van der Waals surface area contributed by atoms with Gasteiger partial charge in [0.2, 0.25) is 12.1 Å². The Morgan fingerprint density at radius 2 is 1.76 bits per heavy atom. The van der Waals surface area contributed by atoms with Crippen molar-refractivity contribution in [3.63, 3.8) is 0 Å². The monoisotopic (exact) mass is 773 g/mol. The van der Waals surface area contributed by atoms with Gasteiger partial charge in [0.25, 0.3) is 5.85 Å². The lowest BCUT2D eigenvalue weighted by Gasteiger charge is -2.30. The summed E-state index contributed by atoms with van der Waals surface area (Å²) in [5, 5.41) is 2.44. The van der Waals surface area contributed by atoms with Crippen LogP contribution in [0.25, 0.3) is 11.2 Å². The molecule has 0 spiro atoms. The topological polar surface area (TPSA) is 191 Å². The molecule has 1 aliphatic carbocycles. The first-order chi connectivity index (χ1) is 25.6. The summed E-state index contributed by atoms with van der Waals surface area (Å²) in [4.78, 5) is 40.6. The number of nitrogens with two attached hydrogens (primary N) is 1. The van der Waals surface area contributed by atoms with Gasteiger partial charge in [-0.1, -0.05) is 48.5 Å². The standard InChI is InChI=1S/C35H42F2N7O9P/c1-21(2)50-29(45)22(3)42-54(47,53-25-14-10-7-11-15-25)49-19-35(37)30(51-33(46)48-18-23-12-8-6-9-13-23)34(4,36)31(52-35)44-20-39-26-27(43(5)24-16-17-24)40-32(38)41-28(26)44/h6-15,20-22,24,30-31H,16-19H2,1-5H3,(H,42,47)(H2,38,40,41)/t22-,30-,31+,34+,35+,54?/m0/s1. The van der Waals surface area contributed by atoms with E-state index in [1.807, 2.05) is 11.9 Å². The maximum atomic E-state index is 17.5. The number of ether oxygens (including phenoxy) is 4. The molecule has 2 aromatic heterocycles. The summed E-state index contributed by atoms with van der Waals surface area (Å²) in [6.45, 7) is 3.91. The third-order valence-electron chi connectivity index (χ3n) is 8.67. The highest BCUT2D eigenvalue weighted by Gasteiger charge is 2.68. The minimum atomic E-state index is -4.72. The zero-order valence-electron chi connectivity index (χ0n) is 30.3.